The second-order valence-electron chi connectivity index (χ2n) is 8.05. The Hall–Kier alpha value is -3.08. The van der Waals surface area contributed by atoms with Gasteiger partial charge in [0.15, 0.2) is 5.82 Å². The Kier molecular flexibility index (Phi) is 8.40. The van der Waals surface area contributed by atoms with Gasteiger partial charge in [0.05, 0.1) is 56.2 Å². The zero-order valence-corrected chi connectivity index (χ0v) is 19.8. The third-order valence-electron chi connectivity index (χ3n) is 5.70. The van der Waals surface area contributed by atoms with Gasteiger partial charge in [-0.3, -0.25) is 19.7 Å². The van der Waals surface area contributed by atoms with Gasteiger partial charge in [-0.2, -0.15) is 0 Å². The number of pyridine rings is 2. The van der Waals surface area contributed by atoms with Crippen molar-refractivity contribution in [1.82, 2.24) is 24.4 Å². The molecule has 0 unspecified atom stereocenters. The van der Waals surface area contributed by atoms with Crippen molar-refractivity contribution in [2.45, 2.75) is 19.9 Å². The van der Waals surface area contributed by atoms with Crippen molar-refractivity contribution in [2.75, 3.05) is 65.0 Å². The van der Waals surface area contributed by atoms with E-state index in [0.29, 0.717) is 60.3 Å². The van der Waals surface area contributed by atoms with Crippen LogP contribution >= 0.6 is 0 Å². The maximum Gasteiger partial charge on any atom is 0.293 e. The van der Waals surface area contributed by atoms with E-state index in [9.17, 15) is 4.79 Å². The van der Waals surface area contributed by atoms with Crippen LogP contribution in [0.3, 0.4) is 0 Å². The highest BCUT2D eigenvalue weighted by molar-refractivity contribution is 5.79. The first-order valence-corrected chi connectivity index (χ1v) is 11.7. The molecule has 34 heavy (non-hydrogen) atoms. The number of fused-ring (bicyclic) bond motifs is 1. The first-order valence-electron chi connectivity index (χ1n) is 11.7. The lowest BCUT2D eigenvalue weighted by atomic mass is 10.2. The van der Waals surface area contributed by atoms with Gasteiger partial charge in [0.2, 0.25) is 0 Å². The molecule has 0 amide bonds. The monoisotopic (exact) mass is 468 g/mol. The Morgan fingerprint density at radius 2 is 1.91 bits per heavy atom. The molecule has 10 nitrogen and oxygen atoms in total. The van der Waals surface area contributed by atoms with Crippen molar-refractivity contribution in [1.29, 1.82) is 0 Å². The number of morpholine rings is 1. The molecule has 3 aromatic heterocycles. The number of rotatable bonds is 11. The number of ether oxygens (including phenoxy) is 3. The van der Waals surface area contributed by atoms with Crippen LogP contribution in [0.2, 0.25) is 0 Å². The number of hydrogen-bond donors (Lipinski definition) is 1. The Balaban J connectivity index is 1.61. The molecule has 1 saturated heterocycles. The molecule has 0 spiro atoms. The Labute approximate surface area is 198 Å². The second kappa shape index (κ2) is 11.9. The van der Waals surface area contributed by atoms with Crippen LogP contribution in [0.15, 0.2) is 35.4 Å². The fraction of sp³-hybridized carbons (Fsp3) is 0.500. The summed E-state index contributed by atoms with van der Waals surface area (Å²) in [6.07, 6.45) is 4.26. The fourth-order valence-electron chi connectivity index (χ4n) is 3.83. The number of nitrogens with one attached hydrogen (secondary N) is 1. The molecular formula is C24H32N6O4. The number of nitrogens with zero attached hydrogens (tertiary/aromatic N) is 5. The van der Waals surface area contributed by atoms with Crippen LogP contribution in [0.1, 0.15) is 13.3 Å². The summed E-state index contributed by atoms with van der Waals surface area (Å²) in [5, 5.41) is 3.23. The van der Waals surface area contributed by atoms with Crippen molar-refractivity contribution in [3.8, 4) is 17.1 Å². The van der Waals surface area contributed by atoms with Gasteiger partial charge in [-0.25, -0.2) is 4.98 Å². The second-order valence-corrected chi connectivity index (χ2v) is 8.05. The van der Waals surface area contributed by atoms with Gasteiger partial charge in [0, 0.05) is 39.3 Å². The lowest BCUT2D eigenvalue weighted by molar-refractivity contribution is 0.0398. The van der Waals surface area contributed by atoms with E-state index in [1.54, 1.807) is 24.1 Å². The van der Waals surface area contributed by atoms with E-state index in [2.05, 4.69) is 32.1 Å². The first kappa shape index (κ1) is 24.1. The molecule has 3 aromatic rings. The summed E-state index contributed by atoms with van der Waals surface area (Å²) in [7, 11) is 1.60. The van der Waals surface area contributed by atoms with E-state index in [-0.39, 0.29) is 5.56 Å². The average Bonchev–Trinajstić information content (AvgIpc) is 2.88. The molecule has 4 rings (SSSR count). The summed E-state index contributed by atoms with van der Waals surface area (Å²) in [6.45, 7) is 8.33. The molecule has 1 N–H and O–H groups in total. The SMILES string of the molecule is CCCOCCn1c(=O)c(NCCN2CCOCC2)nc2cnc(-c3ccc(OC)cn3)cc21. The minimum atomic E-state index is -0.172. The largest absolute Gasteiger partial charge is 0.495 e. The molecule has 1 aliphatic heterocycles. The van der Waals surface area contributed by atoms with Crippen LogP contribution in [-0.4, -0.2) is 84.1 Å². The summed E-state index contributed by atoms with van der Waals surface area (Å²) >= 11 is 0. The molecular weight excluding hydrogens is 436 g/mol. The van der Waals surface area contributed by atoms with Gasteiger partial charge in [-0.1, -0.05) is 6.92 Å². The molecule has 0 aliphatic carbocycles. The molecule has 10 heteroatoms. The van der Waals surface area contributed by atoms with Crippen molar-refractivity contribution < 1.29 is 14.2 Å². The molecule has 0 atom stereocenters. The Bertz CT molecular complexity index is 1130. The van der Waals surface area contributed by atoms with E-state index in [4.69, 9.17) is 14.2 Å². The van der Waals surface area contributed by atoms with E-state index in [1.165, 1.54) is 0 Å². The van der Waals surface area contributed by atoms with Crippen molar-refractivity contribution >= 4 is 16.9 Å². The highest BCUT2D eigenvalue weighted by Gasteiger charge is 2.15. The minimum Gasteiger partial charge on any atom is -0.495 e. The number of methoxy groups -OCH3 is 1. The predicted octanol–water partition coefficient (Wildman–Crippen LogP) is 2.03. The van der Waals surface area contributed by atoms with Crippen molar-refractivity contribution in [2.24, 2.45) is 0 Å². The zero-order valence-electron chi connectivity index (χ0n) is 19.8. The third kappa shape index (κ3) is 5.88. The van der Waals surface area contributed by atoms with Crippen molar-refractivity contribution in [3.63, 3.8) is 0 Å². The van der Waals surface area contributed by atoms with Crippen LogP contribution < -0.4 is 15.6 Å². The summed E-state index contributed by atoms with van der Waals surface area (Å²) in [5.74, 6) is 0.998. The molecule has 0 bridgehead atoms. The fourth-order valence-corrected chi connectivity index (χ4v) is 3.83. The maximum atomic E-state index is 13.4. The lowest BCUT2D eigenvalue weighted by Crippen LogP contribution is -2.39. The number of hydrogen-bond acceptors (Lipinski definition) is 9. The van der Waals surface area contributed by atoms with Crippen LogP contribution in [0.4, 0.5) is 5.82 Å². The molecule has 0 aromatic carbocycles. The van der Waals surface area contributed by atoms with E-state index < -0.39 is 0 Å². The average molecular weight is 469 g/mol. The maximum absolute atomic E-state index is 13.4. The van der Waals surface area contributed by atoms with Gasteiger partial charge in [-0.05, 0) is 24.6 Å². The molecule has 182 valence electrons. The summed E-state index contributed by atoms with van der Waals surface area (Å²) < 4.78 is 18.0. The van der Waals surface area contributed by atoms with Gasteiger partial charge in [0.25, 0.3) is 5.56 Å². The van der Waals surface area contributed by atoms with Gasteiger partial charge in [-0.15, -0.1) is 0 Å². The standard InChI is InChI=1S/C24H32N6O4/c1-3-11-33-14-10-30-22-15-20(19-5-4-18(32-2)16-26-19)27-17-21(22)28-23(24(30)31)25-6-7-29-8-12-34-13-9-29/h4-5,15-17H,3,6-14H2,1-2H3,(H,25,28). The zero-order chi connectivity index (χ0) is 23.8. The highest BCUT2D eigenvalue weighted by Crippen LogP contribution is 2.21. The van der Waals surface area contributed by atoms with E-state index in [1.807, 2.05) is 18.2 Å². The van der Waals surface area contributed by atoms with Gasteiger partial charge in [0.1, 0.15) is 11.3 Å². The smallest absolute Gasteiger partial charge is 0.293 e. The normalized spacial score (nSPS) is 14.4. The summed E-state index contributed by atoms with van der Waals surface area (Å²) in [6, 6.07) is 5.53. The summed E-state index contributed by atoms with van der Waals surface area (Å²) in [4.78, 5) is 29.2. The molecule has 0 saturated carbocycles. The van der Waals surface area contributed by atoms with Gasteiger partial charge >= 0.3 is 0 Å². The number of anilines is 1. The van der Waals surface area contributed by atoms with Crippen molar-refractivity contribution in [3.05, 3.63) is 40.9 Å². The molecule has 0 radical (unpaired) electrons. The van der Waals surface area contributed by atoms with Crippen LogP contribution in [0.25, 0.3) is 22.4 Å². The van der Waals surface area contributed by atoms with Crippen LogP contribution in [0, 0.1) is 0 Å². The van der Waals surface area contributed by atoms with Gasteiger partial charge < -0.3 is 24.1 Å². The van der Waals surface area contributed by atoms with E-state index in [0.717, 1.165) is 39.3 Å². The molecule has 1 fully saturated rings. The Morgan fingerprint density at radius 1 is 1.09 bits per heavy atom. The molecule has 1 aliphatic rings. The minimum absolute atomic E-state index is 0.172. The quantitative estimate of drug-likeness (QED) is 0.423. The third-order valence-corrected chi connectivity index (χ3v) is 5.70. The topological polar surface area (TPSA) is 104 Å². The lowest BCUT2D eigenvalue weighted by Gasteiger charge is -2.26. The Morgan fingerprint density at radius 3 is 2.65 bits per heavy atom. The summed E-state index contributed by atoms with van der Waals surface area (Å²) in [5.41, 5.74) is 2.52. The van der Waals surface area contributed by atoms with Crippen LogP contribution in [-0.2, 0) is 16.0 Å². The predicted molar refractivity (Wildman–Crippen MR) is 130 cm³/mol. The van der Waals surface area contributed by atoms with E-state index >= 15 is 0 Å². The highest BCUT2D eigenvalue weighted by atomic mass is 16.5. The van der Waals surface area contributed by atoms with Crippen LogP contribution in [0.5, 0.6) is 5.75 Å². The first-order chi connectivity index (χ1) is 16.7. The molecule has 4 heterocycles. The number of aromatic nitrogens is 4.